The molecule has 0 spiro atoms. The van der Waals surface area contributed by atoms with E-state index in [1.54, 1.807) is 78.9 Å². The van der Waals surface area contributed by atoms with E-state index in [0.717, 1.165) is 16.3 Å². The predicted molar refractivity (Wildman–Crippen MR) is 168 cm³/mol. The van der Waals surface area contributed by atoms with Crippen molar-refractivity contribution in [2.24, 2.45) is 5.73 Å². The Morgan fingerprint density at radius 2 is 1.32 bits per heavy atom. The zero-order valence-electron chi connectivity index (χ0n) is 25.4. The minimum absolute atomic E-state index is 0.0554. The maximum absolute atomic E-state index is 13.4. The number of carbonyl (C=O) groups is 3. The largest absolute Gasteiger partial charge is 0.458 e. The third-order valence-electron chi connectivity index (χ3n) is 6.32. The fraction of sp³-hybridized carbons (Fsp3) is 0.161. The number of ketones is 2. The number of amides is 1. The summed E-state index contributed by atoms with van der Waals surface area (Å²) in [5.41, 5.74) is 7.01. The summed E-state index contributed by atoms with van der Waals surface area (Å²) >= 11 is 0. The number of benzene rings is 3. The van der Waals surface area contributed by atoms with E-state index in [1.807, 2.05) is 6.07 Å². The number of nitrogens with two attached hydrogens (primary N) is 1. The standard InChI is InChI=1S/C27H26N6O4S.C4F6O2/c28-25(29)21-13-11-19(12-14-21)15-30-24(34)17-33-26(22-9-5-2-6-10-22)31-16-23(27(33)35)32-38(36,37)18-20-7-3-1-4-8-20;5-3(6,7)1(11)2(12)4(8,9)10/h1-14,16,32H,15,17-18H2,(H3,28,29)(H,30,34);. The molecule has 0 bridgehead atoms. The third kappa shape index (κ3) is 11.1. The van der Waals surface area contributed by atoms with E-state index in [4.69, 9.17) is 11.1 Å². The van der Waals surface area contributed by atoms with Crippen LogP contribution in [-0.2, 0) is 43.2 Å². The van der Waals surface area contributed by atoms with Crippen LogP contribution >= 0.6 is 0 Å². The van der Waals surface area contributed by atoms with Crippen LogP contribution < -0.4 is 21.3 Å². The van der Waals surface area contributed by atoms with E-state index < -0.39 is 45.4 Å². The molecule has 0 saturated carbocycles. The quantitative estimate of drug-likeness (QED) is 0.0778. The predicted octanol–water partition coefficient (Wildman–Crippen LogP) is 3.70. The number of alkyl halides is 6. The van der Waals surface area contributed by atoms with Gasteiger partial charge in [-0.2, -0.15) is 26.3 Å². The van der Waals surface area contributed by atoms with Gasteiger partial charge in [0.25, 0.3) is 5.56 Å². The summed E-state index contributed by atoms with van der Waals surface area (Å²) in [6, 6.07) is 24.2. The van der Waals surface area contributed by atoms with Crippen LogP contribution in [0.4, 0.5) is 32.0 Å². The van der Waals surface area contributed by atoms with E-state index in [2.05, 4.69) is 15.0 Å². The van der Waals surface area contributed by atoms with Crippen LogP contribution in [0.3, 0.4) is 0 Å². The van der Waals surface area contributed by atoms with Crippen molar-refractivity contribution in [1.29, 1.82) is 5.41 Å². The normalized spacial score (nSPS) is 11.5. The van der Waals surface area contributed by atoms with Gasteiger partial charge in [-0.15, -0.1) is 0 Å². The van der Waals surface area contributed by atoms with Gasteiger partial charge in [-0.1, -0.05) is 84.9 Å². The zero-order chi connectivity index (χ0) is 37.3. The Bertz CT molecular complexity index is 2000. The van der Waals surface area contributed by atoms with E-state index in [1.165, 1.54) is 0 Å². The van der Waals surface area contributed by atoms with E-state index in [9.17, 15) is 53.9 Å². The van der Waals surface area contributed by atoms with Crippen molar-refractivity contribution in [2.75, 3.05) is 4.72 Å². The topological polar surface area (TPSA) is 194 Å². The van der Waals surface area contributed by atoms with Gasteiger partial charge >= 0.3 is 23.9 Å². The maximum atomic E-state index is 13.4. The van der Waals surface area contributed by atoms with Gasteiger partial charge < -0.3 is 11.1 Å². The third-order valence-corrected chi connectivity index (χ3v) is 7.57. The van der Waals surface area contributed by atoms with Crippen molar-refractivity contribution < 1.29 is 49.1 Å². The number of carbonyl (C=O) groups excluding carboxylic acids is 3. The van der Waals surface area contributed by atoms with Crippen LogP contribution in [0.15, 0.2) is 95.9 Å². The minimum atomic E-state index is -5.77. The van der Waals surface area contributed by atoms with Gasteiger partial charge in [0, 0.05) is 17.7 Å². The Labute approximate surface area is 279 Å². The smallest absolute Gasteiger partial charge is 0.384 e. The second-order valence-electron chi connectivity index (χ2n) is 10.1. The molecule has 19 heteroatoms. The molecular formula is C31H26F6N6O6S. The highest BCUT2D eigenvalue weighted by Crippen LogP contribution is 2.24. The van der Waals surface area contributed by atoms with Crippen molar-refractivity contribution in [2.45, 2.75) is 31.2 Å². The highest BCUT2D eigenvalue weighted by Gasteiger charge is 2.54. The number of halogens is 6. The Hall–Kier alpha value is -5.85. The zero-order valence-corrected chi connectivity index (χ0v) is 26.2. The first kappa shape index (κ1) is 38.6. The molecule has 0 atom stereocenters. The van der Waals surface area contributed by atoms with Gasteiger partial charge in [0.05, 0.1) is 11.9 Å². The first-order chi connectivity index (χ1) is 23.3. The maximum Gasteiger partial charge on any atom is 0.458 e. The number of anilines is 1. The summed E-state index contributed by atoms with van der Waals surface area (Å²) in [5, 5.41) is 10.2. The fourth-order valence-corrected chi connectivity index (χ4v) is 5.16. The van der Waals surface area contributed by atoms with Gasteiger partial charge in [-0.3, -0.25) is 33.9 Å². The lowest BCUT2D eigenvalue weighted by Crippen LogP contribution is -2.39. The molecule has 3 aromatic carbocycles. The molecule has 0 aliphatic carbocycles. The molecule has 0 fully saturated rings. The van der Waals surface area contributed by atoms with Crippen molar-refractivity contribution in [1.82, 2.24) is 14.9 Å². The summed E-state index contributed by atoms with van der Waals surface area (Å²) in [4.78, 5) is 49.8. The lowest BCUT2D eigenvalue weighted by atomic mass is 10.1. The van der Waals surface area contributed by atoms with Gasteiger partial charge in [-0.05, 0) is 11.1 Å². The van der Waals surface area contributed by atoms with Gasteiger partial charge in [0.2, 0.25) is 15.9 Å². The molecule has 12 nitrogen and oxygen atoms in total. The Morgan fingerprint density at radius 3 is 1.82 bits per heavy atom. The molecule has 0 radical (unpaired) electrons. The van der Waals surface area contributed by atoms with Gasteiger partial charge in [0.1, 0.15) is 23.9 Å². The number of nitrogen functional groups attached to an aromatic ring is 1. The molecule has 4 aromatic rings. The van der Waals surface area contributed by atoms with Gasteiger partial charge in [0.15, 0.2) is 0 Å². The Balaban J connectivity index is 0.000000482. The number of nitrogens with one attached hydrogen (secondary N) is 3. The van der Waals surface area contributed by atoms with E-state index in [0.29, 0.717) is 16.7 Å². The summed E-state index contributed by atoms with van der Waals surface area (Å²) in [7, 11) is -3.92. The molecule has 1 heterocycles. The molecule has 0 unspecified atom stereocenters. The van der Waals surface area contributed by atoms with Crippen LogP contribution in [0.25, 0.3) is 11.4 Å². The van der Waals surface area contributed by atoms with Crippen molar-refractivity contribution >= 4 is 39.0 Å². The molecule has 264 valence electrons. The number of hydrogen-bond donors (Lipinski definition) is 4. The number of Topliss-reactive ketones (excluding diaryl/α,β-unsaturated/α-hetero) is 2. The van der Waals surface area contributed by atoms with Crippen molar-refractivity contribution in [3.05, 3.63) is 118 Å². The molecule has 4 rings (SSSR count). The summed E-state index contributed by atoms with van der Waals surface area (Å²) < 4.78 is 95.9. The molecule has 5 N–H and O–H groups in total. The number of nitrogens with zero attached hydrogens (tertiary/aromatic N) is 2. The average Bonchev–Trinajstić information content (AvgIpc) is 3.05. The second-order valence-corrected chi connectivity index (χ2v) is 11.9. The number of hydrogen-bond acceptors (Lipinski definition) is 8. The van der Waals surface area contributed by atoms with Crippen LogP contribution in [0.2, 0.25) is 0 Å². The highest BCUT2D eigenvalue weighted by molar-refractivity contribution is 7.91. The summed E-state index contributed by atoms with van der Waals surface area (Å²) in [5.74, 6) is -7.44. The molecule has 0 aliphatic rings. The average molecular weight is 725 g/mol. The van der Waals surface area contributed by atoms with Crippen molar-refractivity contribution in [3.8, 4) is 11.4 Å². The van der Waals surface area contributed by atoms with Crippen LogP contribution in [0, 0.1) is 5.41 Å². The Morgan fingerprint density at radius 1 is 0.800 bits per heavy atom. The summed E-state index contributed by atoms with van der Waals surface area (Å²) in [6.45, 7) is -0.195. The number of amidine groups is 1. The molecule has 1 amide bonds. The van der Waals surface area contributed by atoms with E-state index >= 15 is 0 Å². The lowest BCUT2D eigenvalue weighted by Gasteiger charge is -2.15. The SMILES string of the molecule is N=C(N)c1ccc(CNC(=O)Cn2c(-c3ccccc3)ncc(NS(=O)(=O)Cc3ccccc3)c2=O)cc1.O=C(C(=O)C(F)(F)F)C(F)(F)F. The lowest BCUT2D eigenvalue weighted by molar-refractivity contribution is -0.193. The number of aromatic nitrogens is 2. The Kier molecular flexibility index (Phi) is 12.4. The first-order valence-corrected chi connectivity index (χ1v) is 15.6. The highest BCUT2D eigenvalue weighted by atomic mass is 32.2. The van der Waals surface area contributed by atoms with E-state index in [-0.39, 0.29) is 36.2 Å². The molecular weight excluding hydrogens is 698 g/mol. The molecule has 50 heavy (non-hydrogen) atoms. The van der Waals surface area contributed by atoms with Gasteiger partial charge in [-0.25, -0.2) is 13.4 Å². The number of rotatable bonds is 11. The molecule has 0 aliphatic heterocycles. The number of sulfonamides is 1. The monoisotopic (exact) mass is 724 g/mol. The minimum Gasteiger partial charge on any atom is -0.384 e. The van der Waals surface area contributed by atoms with Crippen LogP contribution in [-0.4, -0.2) is 53.6 Å². The molecule has 0 saturated heterocycles. The molecule has 1 aromatic heterocycles. The first-order valence-electron chi connectivity index (χ1n) is 13.9. The summed E-state index contributed by atoms with van der Waals surface area (Å²) in [6.07, 6.45) is -10.4. The fourth-order valence-electron chi connectivity index (χ4n) is 3.98. The van der Waals surface area contributed by atoms with Crippen LogP contribution in [0.1, 0.15) is 16.7 Å². The second kappa shape index (κ2) is 16.0. The van der Waals surface area contributed by atoms with Crippen LogP contribution in [0.5, 0.6) is 0 Å². The van der Waals surface area contributed by atoms with Crippen molar-refractivity contribution in [3.63, 3.8) is 0 Å².